The van der Waals surface area contributed by atoms with Gasteiger partial charge < -0.3 is 4.90 Å². The average molecular weight is 381 g/mol. The Morgan fingerprint density at radius 2 is 1.78 bits per heavy atom. The third-order valence-corrected chi connectivity index (χ3v) is 5.12. The topological polar surface area (TPSA) is 40.9 Å². The number of carbonyl (C=O) groups excluding carboxylic acids is 1. The van der Waals surface area contributed by atoms with E-state index in [0.717, 1.165) is 44.1 Å². The molecule has 1 amide bonds. The van der Waals surface area contributed by atoms with E-state index in [-0.39, 0.29) is 5.91 Å². The molecule has 1 aliphatic heterocycles. The first-order valence-corrected chi connectivity index (χ1v) is 9.44. The summed E-state index contributed by atoms with van der Waals surface area (Å²) in [6.07, 6.45) is 5.23. The van der Waals surface area contributed by atoms with Crippen molar-refractivity contribution in [2.24, 2.45) is 0 Å². The van der Waals surface area contributed by atoms with Gasteiger partial charge in [-0.05, 0) is 23.8 Å². The minimum absolute atomic E-state index is 0.0105. The first kappa shape index (κ1) is 17.8. The second kappa shape index (κ2) is 7.94. The highest BCUT2D eigenvalue weighted by molar-refractivity contribution is 6.31. The molecule has 1 aromatic carbocycles. The molecule has 0 N–H and O–H groups in total. The molecule has 0 saturated carbocycles. The van der Waals surface area contributed by atoms with Gasteiger partial charge in [-0.15, -0.1) is 0 Å². The van der Waals surface area contributed by atoms with E-state index in [1.807, 2.05) is 39.8 Å². The predicted octanol–water partition coefficient (Wildman–Crippen LogP) is 3.35. The van der Waals surface area contributed by atoms with Gasteiger partial charge in [-0.3, -0.25) is 14.1 Å². The number of nitrogens with zero attached hydrogens (tertiary/aromatic N) is 4. The SMILES string of the molecule is O=C(/C=C/c1c(Cl)nc2ccccn12)N1CCN(Cc2ccccc2)CC1. The van der Waals surface area contributed by atoms with E-state index in [1.165, 1.54) is 5.56 Å². The van der Waals surface area contributed by atoms with Crippen LogP contribution in [0.1, 0.15) is 11.3 Å². The Hall–Kier alpha value is -2.63. The molecule has 3 heterocycles. The quantitative estimate of drug-likeness (QED) is 0.652. The van der Waals surface area contributed by atoms with Crippen LogP contribution in [0, 0.1) is 0 Å². The molecule has 3 aromatic rings. The lowest BCUT2D eigenvalue weighted by Crippen LogP contribution is -2.47. The maximum absolute atomic E-state index is 12.6. The maximum Gasteiger partial charge on any atom is 0.246 e. The zero-order valence-corrected chi connectivity index (χ0v) is 15.7. The molecular weight excluding hydrogens is 360 g/mol. The van der Waals surface area contributed by atoms with Gasteiger partial charge in [0, 0.05) is 45.0 Å². The number of benzene rings is 1. The zero-order chi connectivity index (χ0) is 18.6. The first-order chi connectivity index (χ1) is 13.2. The van der Waals surface area contributed by atoms with Crippen molar-refractivity contribution in [3.63, 3.8) is 0 Å². The molecule has 27 heavy (non-hydrogen) atoms. The van der Waals surface area contributed by atoms with Crippen molar-refractivity contribution >= 4 is 29.2 Å². The van der Waals surface area contributed by atoms with Gasteiger partial charge >= 0.3 is 0 Å². The zero-order valence-electron chi connectivity index (χ0n) is 15.0. The molecule has 2 aromatic heterocycles. The molecule has 1 aliphatic rings. The number of fused-ring (bicyclic) bond motifs is 1. The highest BCUT2D eigenvalue weighted by Gasteiger charge is 2.19. The van der Waals surface area contributed by atoms with Gasteiger partial charge in [0.2, 0.25) is 5.91 Å². The summed E-state index contributed by atoms with van der Waals surface area (Å²) in [5, 5.41) is 0.401. The number of aromatic nitrogens is 2. The van der Waals surface area contributed by atoms with Gasteiger partial charge in [-0.1, -0.05) is 48.0 Å². The molecule has 4 rings (SSSR count). The van der Waals surface area contributed by atoms with Crippen molar-refractivity contribution < 1.29 is 4.79 Å². The molecular formula is C21H21ClN4O. The number of hydrogen-bond acceptors (Lipinski definition) is 3. The molecule has 6 heteroatoms. The van der Waals surface area contributed by atoms with E-state index in [4.69, 9.17) is 11.6 Å². The minimum atomic E-state index is 0.0105. The fourth-order valence-electron chi connectivity index (χ4n) is 3.36. The number of carbonyl (C=O) groups is 1. The molecule has 138 valence electrons. The van der Waals surface area contributed by atoms with E-state index in [9.17, 15) is 4.79 Å². The lowest BCUT2D eigenvalue weighted by Gasteiger charge is -2.34. The Bertz CT molecular complexity index is 959. The van der Waals surface area contributed by atoms with Crippen LogP contribution in [0.3, 0.4) is 0 Å². The number of pyridine rings is 1. The Morgan fingerprint density at radius 1 is 1.04 bits per heavy atom. The van der Waals surface area contributed by atoms with Crippen molar-refractivity contribution in [3.05, 3.63) is 77.2 Å². The molecule has 1 saturated heterocycles. The summed E-state index contributed by atoms with van der Waals surface area (Å²) >= 11 is 6.22. The number of piperazine rings is 1. The Balaban J connectivity index is 1.37. The number of hydrogen-bond donors (Lipinski definition) is 0. The average Bonchev–Trinajstić information content (AvgIpc) is 3.02. The summed E-state index contributed by atoms with van der Waals surface area (Å²) in [5.41, 5.74) is 2.80. The molecule has 0 radical (unpaired) electrons. The second-order valence-corrected chi connectivity index (χ2v) is 7.00. The summed E-state index contributed by atoms with van der Waals surface area (Å²) in [7, 11) is 0. The van der Waals surface area contributed by atoms with Crippen molar-refractivity contribution in [1.29, 1.82) is 0 Å². The standard InChI is InChI=1S/C21H21ClN4O/c22-21-18(26-11-5-4-8-19(26)23-21)9-10-20(27)25-14-12-24(13-15-25)16-17-6-2-1-3-7-17/h1-11H,12-16H2/b10-9+. The number of rotatable bonds is 4. The maximum atomic E-state index is 12.6. The molecule has 0 bridgehead atoms. The van der Waals surface area contributed by atoms with E-state index >= 15 is 0 Å². The normalized spacial score (nSPS) is 15.7. The van der Waals surface area contributed by atoms with Crippen molar-refractivity contribution in [2.45, 2.75) is 6.54 Å². The van der Waals surface area contributed by atoms with Crippen molar-refractivity contribution in [1.82, 2.24) is 19.2 Å². The summed E-state index contributed by atoms with van der Waals surface area (Å²) in [4.78, 5) is 21.1. The number of imidazole rings is 1. The van der Waals surface area contributed by atoms with Crippen molar-refractivity contribution in [2.75, 3.05) is 26.2 Å². The van der Waals surface area contributed by atoms with Gasteiger partial charge in [-0.25, -0.2) is 4.98 Å². The summed E-state index contributed by atoms with van der Waals surface area (Å²) < 4.78 is 1.88. The fraction of sp³-hybridized carbons (Fsp3) is 0.238. The number of amides is 1. The Morgan fingerprint density at radius 3 is 2.56 bits per heavy atom. The highest BCUT2D eigenvalue weighted by atomic mass is 35.5. The molecule has 1 fully saturated rings. The minimum Gasteiger partial charge on any atom is -0.337 e. The summed E-state index contributed by atoms with van der Waals surface area (Å²) in [6.45, 7) is 4.15. The van der Waals surface area contributed by atoms with Crippen LogP contribution in [0.5, 0.6) is 0 Å². The van der Waals surface area contributed by atoms with Gasteiger partial charge in [0.1, 0.15) is 5.65 Å². The van der Waals surface area contributed by atoms with E-state index in [0.29, 0.717) is 5.15 Å². The van der Waals surface area contributed by atoms with Crippen molar-refractivity contribution in [3.8, 4) is 0 Å². The monoisotopic (exact) mass is 380 g/mol. The van der Waals surface area contributed by atoms with Crippen LogP contribution in [0.25, 0.3) is 11.7 Å². The first-order valence-electron chi connectivity index (χ1n) is 9.06. The molecule has 0 spiro atoms. The van der Waals surface area contributed by atoms with E-state index in [1.54, 1.807) is 12.2 Å². The second-order valence-electron chi connectivity index (χ2n) is 6.64. The van der Waals surface area contributed by atoms with E-state index < -0.39 is 0 Å². The lowest BCUT2D eigenvalue weighted by molar-refractivity contribution is -0.127. The Kier molecular flexibility index (Phi) is 5.23. The van der Waals surface area contributed by atoms with Gasteiger partial charge in [0.15, 0.2) is 5.15 Å². The predicted molar refractivity (Wildman–Crippen MR) is 108 cm³/mol. The van der Waals surface area contributed by atoms with Crippen LogP contribution in [-0.4, -0.2) is 51.3 Å². The largest absolute Gasteiger partial charge is 0.337 e. The summed E-state index contributed by atoms with van der Waals surface area (Å²) in [5.74, 6) is 0.0105. The van der Waals surface area contributed by atoms with Gasteiger partial charge in [0.05, 0.1) is 5.69 Å². The number of halogens is 1. The van der Waals surface area contributed by atoms with Crippen LogP contribution in [0.15, 0.2) is 60.8 Å². The third kappa shape index (κ3) is 4.04. The van der Waals surface area contributed by atoms with Crippen LogP contribution in [0.2, 0.25) is 5.15 Å². The summed E-state index contributed by atoms with van der Waals surface area (Å²) in [6, 6.07) is 16.1. The smallest absolute Gasteiger partial charge is 0.246 e. The Labute approximate surface area is 163 Å². The van der Waals surface area contributed by atoms with Crippen LogP contribution >= 0.6 is 11.6 Å². The van der Waals surface area contributed by atoms with Gasteiger partial charge in [-0.2, -0.15) is 0 Å². The fourth-order valence-corrected chi connectivity index (χ4v) is 3.60. The lowest BCUT2D eigenvalue weighted by atomic mass is 10.2. The highest BCUT2D eigenvalue weighted by Crippen LogP contribution is 2.19. The van der Waals surface area contributed by atoms with Gasteiger partial charge in [0.25, 0.3) is 0 Å². The molecule has 5 nitrogen and oxygen atoms in total. The molecule has 0 aliphatic carbocycles. The van der Waals surface area contributed by atoms with E-state index in [2.05, 4.69) is 34.1 Å². The van der Waals surface area contributed by atoms with Crippen LogP contribution < -0.4 is 0 Å². The van der Waals surface area contributed by atoms with Crippen LogP contribution in [-0.2, 0) is 11.3 Å². The third-order valence-electron chi connectivity index (χ3n) is 4.84. The molecule has 0 unspecified atom stereocenters. The molecule has 0 atom stereocenters. The van der Waals surface area contributed by atoms with Crippen LogP contribution in [0.4, 0.5) is 0 Å².